The summed E-state index contributed by atoms with van der Waals surface area (Å²) in [5.41, 5.74) is 5.30. The third-order valence-electron chi connectivity index (χ3n) is 2.28. The predicted octanol–water partition coefficient (Wildman–Crippen LogP) is 2.62. The second kappa shape index (κ2) is 7.62. The van der Waals surface area contributed by atoms with Gasteiger partial charge in [-0.15, -0.1) is 12.4 Å². The zero-order chi connectivity index (χ0) is 13.9. The molecule has 0 spiro atoms. The maximum Gasteiger partial charge on any atom is 0.342 e. The van der Waals surface area contributed by atoms with Gasteiger partial charge in [-0.05, 0) is 19.1 Å². The highest BCUT2D eigenvalue weighted by Gasteiger charge is 2.31. The zero-order valence-corrected chi connectivity index (χ0v) is 12.3. The van der Waals surface area contributed by atoms with E-state index < -0.39 is 29.7 Å². The second-order valence-corrected chi connectivity index (χ2v) is 4.33. The Kier molecular flexibility index (Phi) is 7.25. The van der Waals surface area contributed by atoms with Crippen LogP contribution in [-0.2, 0) is 9.53 Å². The lowest BCUT2D eigenvalue weighted by molar-refractivity contribution is -0.149. The third kappa shape index (κ3) is 4.02. The molecule has 0 amide bonds. The molecular weight excluding hydrogens is 347 g/mol. The standard InChI is InChI=1S/C11H12BrF2NO3.ClH/c1-2-18-11(17)8(14)9(15)7-5(12)3-4-6(13)10(7)16;/h3-4,8-9,16H,2,15H2,1H3;1H/t8?,9-;/m0./s1. The van der Waals surface area contributed by atoms with Gasteiger partial charge in [0.1, 0.15) is 0 Å². The monoisotopic (exact) mass is 359 g/mol. The largest absolute Gasteiger partial charge is 0.505 e. The van der Waals surface area contributed by atoms with Gasteiger partial charge in [0, 0.05) is 10.0 Å². The minimum atomic E-state index is -2.19. The van der Waals surface area contributed by atoms with E-state index in [1.54, 1.807) is 0 Å². The first-order valence-corrected chi connectivity index (χ1v) is 5.92. The van der Waals surface area contributed by atoms with Crippen LogP contribution in [0.2, 0.25) is 0 Å². The van der Waals surface area contributed by atoms with E-state index in [9.17, 15) is 18.7 Å². The number of nitrogens with two attached hydrogens (primary N) is 1. The quantitative estimate of drug-likeness (QED) is 0.810. The molecule has 0 aliphatic carbocycles. The summed E-state index contributed by atoms with van der Waals surface area (Å²) in [4.78, 5) is 11.2. The smallest absolute Gasteiger partial charge is 0.342 e. The zero-order valence-electron chi connectivity index (χ0n) is 9.90. The maximum atomic E-state index is 13.7. The lowest BCUT2D eigenvalue weighted by Crippen LogP contribution is -2.32. The molecule has 2 atom stereocenters. The van der Waals surface area contributed by atoms with Crippen LogP contribution >= 0.6 is 28.3 Å². The fourth-order valence-electron chi connectivity index (χ4n) is 1.39. The minimum absolute atomic E-state index is 0. The van der Waals surface area contributed by atoms with Crippen LogP contribution in [0.3, 0.4) is 0 Å². The molecule has 4 nitrogen and oxygen atoms in total. The first-order chi connectivity index (χ1) is 8.40. The molecule has 108 valence electrons. The van der Waals surface area contributed by atoms with Gasteiger partial charge in [-0.1, -0.05) is 15.9 Å². The summed E-state index contributed by atoms with van der Waals surface area (Å²) in [6, 6.07) is 0.740. The molecule has 1 unspecified atom stereocenters. The number of phenols is 1. The van der Waals surface area contributed by atoms with Gasteiger partial charge < -0.3 is 15.6 Å². The molecule has 0 heterocycles. The average Bonchev–Trinajstić information content (AvgIpc) is 2.33. The number of aromatic hydroxyl groups is 1. The van der Waals surface area contributed by atoms with Gasteiger partial charge in [-0.2, -0.15) is 0 Å². The van der Waals surface area contributed by atoms with Crippen LogP contribution in [-0.4, -0.2) is 23.9 Å². The molecule has 0 saturated carbocycles. The number of alkyl halides is 1. The third-order valence-corrected chi connectivity index (χ3v) is 2.97. The van der Waals surface area contributed by atoms with E-state index in [1.807, 2.05) is 0 Å². The number of carbonyl (C=O) groups excluding carboxylic acids is 1. The lowest BCUT2D eigenvalue weighted by atomic mass is 10.0. The number of hydrogen-bond acceptors (Lipinski definition) is 4. The Labute approximate surface area is 123 Å². The number of hydrogen-bond donors (Lipinski definition) is 2. The van der Waals surface area contributed by atoms with E-state index in [0.717, 1.165) is 6.07 Å². The molecule has 0 aromatic heterocycles. The Hall–Kier alpha value is -0.920. The Morgan fingerprint density at radius 2 is 2.16 bits per heavy atom. The summed E-state index contributed by atoms with van der Waals surface area (Å²) >= 11 is 3.01. The summed E-state index contributed by atoms with van der Waals surface area (Å²) in [5.74, 6) is -2.89. The van der Waals surface area contributed by atoms with Crippen molar-refractivity contribution in [1.82, 2.24) is 0 Å². The molecule has 0 saturated heterocycles. The van der Waals surface area contributed by atoms with Crippen molar-refractivity contribution in [2.24, 2.45) is 5.73 Å². The van der Waals surface area contributed by atoms with E-state index in [0.29, 0.717) is 0 Å². The molecule has 0 aliphatic rings. The molecule has 1 rings (SSSR count). The topological polar surface area (TPSA) is 72.5 Å². The van der Waals surface area contributed by atoms with Crippen LogP contribution in [0.5, 0.6) is 5.75 Å². The number of rotatable bonds is 4. The van der Waals surface area contributed by atoms with Crippen LogP contribution in [0, 0.1) is 5.82 Å². The van der Waals surface area contributed by atoms with Gasteiger partial charge in [-0.3, -0.25) is 0 Å². The summed E-state index contributed by atoms with van der Waals surface area (Å²) < 4.78 is 31.5. The first kappa shape index (κ1) is 18.1. The van der Waals surface area contributed by atoms with Crippen molar-refractivity contribution in [3.05, 3.63) is 28.0 Å². The van der Waals surface area contributed by atoms with Gasteiger partial charge in [0.2, 0.25) is 6.17 Å². The van der Waals surface area contributed by atoms with Crippen LogP contribution in [0.15, 0.2) is 16.6 Å². The van der Waals surface area contributed by atoms with Gasteiger partial charge >= 0.3 is 5.97 Å². The van der Waals surface area contributed by atoms with E-state index in [2.05, 4.69) is 20.7 Å². The Morgan fingerprint density at radius 1 is 1.58 bits per heavy atom. The highest BCUT2D eigenvalue weighted by Crippen LogP contribution is 2.35. The van der Waals surface area contributed by atoms with Crippen molar-refractivity contribution < 1.29 is 23.4 Å². The van der Waals surface area contributed by atoms with Crippen molar-refractivity contribution in [1.29, 1.82) is 0 Å². The van der Waals surface area contributed by atoms with Crippen LogP contribution in [0.25, 0.3) is 0 Å². The van der Waals surface area contributed by atoms with Crippen molar-refractivity contribution in [3.8, 4) is 5.75 Å². The summed E-state index contributed by atoms with van der Waals surface area (Å²) in [7, 11) is 0. The van der Waals surface area contributed by atoms with Crippen LogP contribution < -0.4 is 5.73 Å². The molecular formula is C11H13BrClF2NO3. The van der Waals surface area contributed by atoms with E-state index in [1.165, 1.54) is 13.0 Å². The van der Waals surface area contributed by atoms with Gasteiger partial charge in [0.15, 0.2) is 11.6 Å². The molecule has 8 heteroatoms. The van der Waals surface area contributed by atoms with E-state index in [4.69, 9.17) is 5.73 Å². The average molecular weight is 361 g/mol. The second-order valence-electron chi connectivity index (χ2n) is 3.47. The fraction of sp³-hybridized carbons (Fsp3) is 0.364. The highest BCUT2D eigenvalue weighted by molar-refractivity contribution is 9.10. The molecule has 1 aromatic rings. The summed E-state index contributed by atoms with van der Waals surface area (Å²) in [5, 5.41) is 9.51. The number of benzene rings is 1. The molecule has 19 heavy (non-hydrogen) atoms. The molecule has 1 aromatic carbocycles. The fourth-order valence-corrected chi connectivity index (χ4v) is 1.97. The first-order valence-electron chi connectivity index (χ1n) is 5.13. The van der Waals surface area contributed by atoms with E-state index >= 15 is 0 Å². The van der Waals surface area contributed by atoms with Crippen molar-refractivity contribution in [2.75, 3.05) is 6.61 Å². The Balaban J connectivity index is 0.00000324. The molecule has 0 aliphatic heterocycles. The summed E-state index contributed by atoms with van der Waals surface area (Å²) in [6.45, 7) is 1.52. The molecule has 3 N–H and O–H groups in total. The Bertz CT molecular complexity index is 462. The SMILES string of the molecule is CCOC(=O)C(F)[C@@H](N)c1c(Br)ccc(F)c1O.Cl. The van der Waals surface area contributed by atoms with Crippen LogP contribution in [0.1, 0.15) is 18.5 Å². The predicted molar refractivity (Wildman–Crippen MR) is 71.5 cm³/mol. The number of carbonyl (C=O) groups is 1. The van der Waals surface area contributed by atoms with Crippen LogP contribution in [0.4, 0.5) is 8.78 Å². The molecule has 0 fully saturated rings. The van der Waals surface area contributed by atoms with Crippen molar-refractivity contribution in [2.45, 2.75) is 19.1 Å². The van der Waals surface area contributed by atoms with Gasteiger partial charge in [-0.25, -0.2) is 13.6 Å². The van der Waals surface area contributed by atoms with Gasteiger partial charge in [0.25, 0.3) is 0 Å². The van der Waals surface area contributed by atoms with Crippen molar-refractivity contribution >= 4 is 34.3 Å². The highest BCUT2D eigenvalue weighted by atomic mass is 79.9. The summed E-state index contributed by atoms with van der Waals surface area (Å²) in [6.07, 6.45) is -2.19. The number of phenolic OH excluding ortho intramolecular Hbond substituents is 1. The molecule has 0 bridgehead atoms. The van der Waals surface area contributed by atoms with Gasteiger partial charge in [0.05, 0.1) is 12.6 Å². The number of halogens is 4. The normalized spacial score (nSPS) is 13.3. The van der Waals surface area contributed by atoms with E-state index in [-0.39, 0.29) is 29.1 Å². The maximum absolute atomic E-state index is 13.7. The van der Waals surface area contributed by atoms with Crippen molar-refractivity contribution in [3.63, 3.8) is 0 Å². The molecule has 0 radical (unpaired) electrons. The lowest BCUT2D eigenvalue weighted by Gasteiger charge is -2.18. The minimum Gasteiger partial charge on any atom is -0.505 e. The Morgan fingerprint density at radius 3 is 2.68 bits per heavy atom. The number of esters is 1. The number of ether oxygens (including phenoxy) is 1.